The van der Waals surface area contributed by atoms with Gasteiger partial charge in [0, 0.05) is 6.42 Å². The smallest absolute Gasteiger partial charge is 0.329 e. The minimum atomic E-state index is -1.00. The fraction of sp³-hybridized carbons (Fsp3) is 0.308. The number of carboxylic acid groups (broad SMARTS) is 1. The van der Waals surface area contributed by atoms with E-state index >= 15 is 0 Å². The molecule has 1 atom stereocenters. The number of imide groups is 1. The number of hydrogen-bond acceptors (Lipinski definition) is 4. The maximum absolute atomic E-state index is 12.1. The van der Waals surface area contributed by atoms with Crippen LogP contribution in [0.4, 0.5) is 10.5 Å². The number of amides is 3. The molecule has 3 amide bonds. The van der Waals surface area contributed by atoms with Gasteiger partial charge in [-0.25, -0.2) is 9.69 Å². The molecule has 7 heteroatoms. The maximum Gasteiger partial charge on any atom is 0.329 e. The zero-order chi connectivity index (χ0) is 14.7. The van der Waals surface area contributed by atoms with E-state index in [9.17, 15) is 14.4 Å². The molecule has 20 heavy (non-hydrogen) atoms. The van der Waals surface area contributed by atoms with Crippen LogP contribution in [-0.4, -0.2) is 36.2 Å². The minimum Gasteiger partial charge on any atom is -0.497 e. The molecule has 1 aliphatic rings. The molecule has 0 unspecified atom stereocenters. The number of methoxy groups -OCH3 is 1. The fourth-order valence-corrected chi connectivity index (χ4v) is 1.97. The lowest BCUT2D eigenvalue weighted by atomic mass is 10.1. The average Bonchev–Trinajstić information content (AvgIpc) is 2.71. The Balaban J connectivity index is 2.13. The molecule has 2 N–H and O–H groups in total. The number of nitrogens with zero attached hydrogens (tertiary/aromatic N) is 1. The Morgan fingerprint density at radius 2 is 2.00 bits per heavy atom. The molecule has 1 aliphatic heterocycles. The van der Waals surface area contributed by atoms with Crippen LogP contribution in [0.1, 0.15) is 12.8 Å². The molecule has 0 radical (unpaired) electrons. The van der Waals surface area contributed by atoms with Crippen LogP contribution < -0.4 is 15.0 Å². The van der Waals surface area contributed by atoms with Crippen LogP contribution in [0.5, 0.6) is 5.75 Å². The average molecular weight is 278 g/mol. The van der Waals surface area contributed by atoms with Crippen LogP contribution in [0.2, 0.25) is 0 Å². The summed E-state index contributed by atoms with van der Waals surface area (Å²) in [4.78, 5) is 35.4. The molecule has 1 aromatic carbocycles. The Labute approximate surface area is 115 Å². The van der Waals surface area contributed by atoms with Crippen LogP contribution in [0.25, 0.3) is 0 Å². The summed E-state index contributed by atoms with van der Waals surface area (Å²) >= 11 is 0. The number of rotatable bonds is 5. The van der Waals surface area contributed by atoms with Crippen LogP contribution >= 0.6 is 0 Å². The van der Waals surface area contributed by atoms with Gasteiger partial charge in [0.2, 0.25) is 0 Å². The van der Waals surface area contributed by atoms with Crippen molar-refractivity contribution in [2.75, 3.05) is 12.0 Å². The van der Waals surface area contributed by atoms with Crippen molar-refractivity contribution in [1.82, 2.24) is 5.32 Å². The highest BCUT2D eigenvalue weighted by Crippen LogP contribution is 2.23. The fourth-order valence-electron chi connectivity index (χ4n) is 1.97. The highest BCUT2D eigenvalue weighted by molar-refractivity contribution is 6.21. The predicted molar refractivity (Wildman–Crippen MR) is 69.7 cm³/mol. The summed E-state index contributed by atoms with van der Waals surface area (Å²) in [6, 6.07) is 5.13. The molecule has 0 spiro atoms. The van der Waals surface area contributed by atoms with E-state index in [2.05, 4.69) is 5.32 Å². The minimum absolute atomic E-state index is 0.0760. The van der Waals surface area contributed by atoms with Gasteiger partial charge >= 0.3 is 12.0 Å². The van der Waals surface area contributed by atoms with E-state index in [0.717, 1.165) is 4.90 Å². The first-order valence-electron chi connectivity index (χ1n) is 6.03. The van der Waals surface area contributed by atoms with Gasteiger partial charge in [0.15, 0.2) is 0 Å². The zero-order valence-electron chi connectivity index (χ0n) is 10.8. The van der Waals surface area contributed by atoms with Crippen molar-refractivity contribution in [2.24, 2.45) is 0 Å². The van der Waals surface area contributed by atoms with Crippen LogP contribution in [0.15, 0.2) is 24.3 Å². The van der Waals surface area contributed by atoms with Crippen molar-refractivity contribution in [3.8, 4) is 5.75 Å². The number of ether oxygens (including phenoxy) is 1. The van der Waals surface area contributed by atoms with E-state index in [1.54, 1.807) is 24.3 Å². The van der Waals surface area contributed by atoms with Gasteiger partial charge in [-0.15, -0.1) is 0 Å². The summed E-state index contributed by atoms with van der Waals surface area (Å²) < 4.78 is 5.00. The van der Waals surface area contributed by atoms with E-state index < -0.39 is 23.9 Å². The number of nitrogens with one attached hydrogen (secondary N) is 1. The van der Waals surface area contributed by atoms with E-state index in [4.69, 9.17) is 9.84 Å². The van der Waals surface area contributed by atoms with Gasteiger partial charge < -0.3 is 15.2 Å². The first-order chi connectivity index (χ1) is 9.52. The lowest BCUT2D eigenvalue weighted by Gasteiger charge is -2.13. The summed E-state index contributed by atoms with van der Waals surface area (Å²) in [5.74, 6) is -0.834. The van der Waals surface area contributed by atoms with Gasteiger partial charge in [-0.05, 0) is 30.7 Å². The Hall–Kier alpha value is -2.57. The maximum atomic E-state index is 12.1. The number of aliphatic carboxylic acids is 1. The summed E-state index contributed by atoms with van der Waals surface area (Å²) in [7, 11) is 1.52. The second-order valence-corrected chi connectivity index (χ2v) is 4.31. The molecular formula is C13H14N2O5. The summed E-state index contributed by atoms with van der Waals surface area (Å²) in [6.07, 6.45) is -0.0975. The third kappa shape index (κ3) is 2.71. The summed E-state index contributed by atoms with van der Waals surface area (Å²) in [5.41, 5.74) is 0.422. The number of hydrogen-bond donors (Lipinski definition) is 2. The molecule has 0 bridgehead atoms. The van der Waals surface area contributed by atoms with E-state index in [-0.39, 0.29) is 12.8 Å². The van der Waals surface area contributed by atoms with Crippen molar-refractivity contribution in [3.63, 3.8) is 0 Å². The lowest BCUT2D eigenvalue weighted by Crippen LogP contribution is -2.31. The van der Waals surface area contributed by atoms with Gasteiger partial charge in [0.05, 0.1) is 12.8 Å². The summed E-state index contributed by atoms with van der Waals surface area (Å²) in [6.45, 7) is 0. The molecule has 1 fully saturated rings. The largest absolute Gasteiger partial charge is 0.497 e. The number of benzene rings is 1. The Morgan fingerprint density at radius 1 is 1.35 bits per heavy atom. The SMILES string of the molecule is COc1ccc(N2C(=O)N[C@H](CCC(=O)O)C2=O)cc1. The first-order valence-corrected chi connectivity index (χ1v) is 6.03. The molecule has 0 aliphatic carbocycles. The third-order valence-electron chi connectivity index (χ3n) is 3.00. The molecule has 106 valence electrons. The van der Waals surface area contributed by atoms with E-state index in [1.165, 1.54) is 7.11 Å². The molecular weight excluding hydrogens is 264 g/mol. The molecule has 2 rings (SSSR count). The standard InChI is InChI=1S/C13H14N2O5/c1-20-9-4-2-8(3-5-9)15-12(18)10(14-13(15)19)6-7-11(16)17/h2-5,10H,6-7H2,1H3,(H,14,19)(H,16,17)/t10-/m1/s1. The van der Waals surface area contributed by atoms with Gasteiger partial charge in [-0.2, -0.15) is 0 Å². The molecule has 0 aromatic heterocycles. The van der Waals surface area contributed by atoms with Crippen molar-refractivity contribution >= 4 is 23.6 Å². The van der Waals surface area contributed by atoms with Crippen molar-refractivity contribution < 1.29 is 24.2 Å². The van der Waals surface area contributed by atoms with E-state index in [0.29, 0.717) is 11.4 Å². The third-order valence-corrected chi connectivity index (χ3v) is 3.00. The second-order valence-electron chi connectivity index (χ2n) is 4.31. The van der Waals surface area contributed by atoms with Gasteiger partial charge in [-0.3, -0.25) is 9.59 Å². The van der Waals surface area contributed by atoms with Crippen LogP contribution in [-0.2, 0) is 9.59 Å². The highest BCUT2D eigenvalue weighted by atomic mass is 16.5. The number of carboxylic acids is 1. The normalized spacial score (nSPS) is 18.1. The molecule has 1 saturated heterocycles. The topological polar surface area (TPSA) is 95.9 Å². The predicted octanol–water partition coefficient (Wildman–Crippen LogP) is 0.985. The van der Waals surface area contributed by atoms with E-state index in [1.807, 2.05) is 0 Å². The monoisotopic (exact) mass is 278 g/mol. The first kappa shape index (κ1) is 13.9. The van der Waals surface area contributed by atoms with Crippen LogP contribution in [0, 0.1) is 0 Å². The van der Waals surface area contributed by atoms with Crippen molar-refractivity contribution in [2.45, 2.75) is 18.9 Å². The Kier molecular flexibility index (Phi) is 3.88. The second kappa shape index (κ2) is 5.60. The van der Waals surface area contributed by atoms with Gasteiger partial charge in [0.1, 0.15) is 11.8 Å². The molecule has 1 heterocycles. The highest BCUT2D eigenvalue weighted by Gasteiger charge is 2.38. The molecule has 0 saturated carbocycles. The van der Waals surface area contributed by atoms with Gasteiger partial charge in [-0.1, -0.05) is 0 Å². The van der Waals surface area contributed by atoms with Gasteiger partial charge in [0.25, 0.3) is 5.91 Å². The van der Waals surface area contributed by atoms with Crippen molar-refractivity contribution in [3.05, 3.63) is 24.3 Å². The quantitative estimate of drug-likeness (QED) is 0.783. The summed E-state index contributed by atoms with van der Waals surface area (Å²) in [5, 5.41) is 11.1. The number of carbonyl (C=O) groups is 3. The number of carbonyl (C=O) groups excluding carboxylic acids is 2. The van der Waals surface area contributed by atoms with Crippen LogP contribution in [0.3, 0.4) is 0 Å². The number of urea groups is 1. The number of anilines is 1. The van der Waals surface area contributed by atoms with Crippen molar-refractivity contribution in [1.29, 1.82) is 0 Å². The molecule has 1 aromatic rings. The lowest BCUT2D eigenvalue weighted by molar-refractivity contribution is -0.137. The molecule has 7 nitrogen and oxygen atoms in total. The zero-order valence-corrected chi connectivity index (χ0v) is 10.8. The Morgan fingerprint density at radius 3 is 2.55 bits per heavy atom. The Bertz CT molecular complexity index is 540.